The number of esters is 1. The lowest BCUT2D eigenvalue weighted by Crippen LogP contribution is -2.22. The minimum atomic E-state index is -0.899. The van der Waals surface area contributed by atoms with Gasteiger partial charge >= 0.3 is 5.97 Å². The minimum absolute atomic E-state index is 0.0454. The summed E-state index contributed by atoms with van der Waals surface area (Å²) in [6.07, 6.45) is 0. The van der Waals surface area contributed by atoms with Gasteiger partial charge in [0.15, 0.2) is 6.61 Å². The number of nitrogens with one attached hydrogen (secondary N) is 1. The highest BCUT2D eigenvalue weighted by Crippen LogP contribution is 2.31. The average Bonchev–Trinajstić information content (AvgIpc) is 2.97. The molecule has 1 heterocycles. The van der Waals surface area contributed by atoms with Crippen LogP contribution in [0.2, 0.25) is 15.1 Å². The summed E-state index contributed by atoms with van der Waals surface area (Å²) in [5.74, 6) is -2.23. The molecule has 0 bridgehead atoms. The van der Waals surface area contributed by atoms with Crippen molar-refractivity contribution in [1.29, 1.82) is 0 Å². The van der Waals surface area contributed by atoms with Gasteiger partial charge < -0.3 is 15.8 Å². The number of hydrogen-bond donors (Lipinski definition) is 2. The first-order valence-corrected chi connectivity index (χ1v) is 8.30. The molecule has 126 valence electrons. The molecule has 0 aliphatic carbocycles. The molecular formula is C14H9Cl3N2O4S. The number of carbonyl (C=O) groups is 3. The Bertz CT molecular complexity index is 822. The van der Waals surface area contributed by atoms with Crippen LogP contribution in [0.4, 0.5) is 5.00 Å². The molecule has 2 aromatic rings. The van der Waals surface area contributed by atoms with Crippen LogP contribution in [-0.2, 0) is 9.53 Å². The van der Waals surface area contributed by atoms with Crippen molar-refractivity contribution in [3.8, 4) is 0 Å². The normalized spacial score (nSPS) is 10.3. The van der Waals surface area contributed by atoms with E-state index < -0.39 is 24.4 Å². The van der Waals surface area contributed by atoms with Gasteiger partial charge in [-0.15, -0.1) is 11.3 Å². The van der Waals surface area contributed by atoms with Crippen molar-refractivity contribution in [2.75, 3.05) is 11.9 Å². The van der Waals surface area contributed by atoms with Crippen molar-refractivity contribution in [2.45, 2.75) is 0 Å². The van der Waals surface area contributed by atoms with Gasteiger partial charge in [-0.25, -0.2) is 4.79 Å². The third kappa shape index (κ3) is 4.18. The molecule has 2 rings (SSSR count). The first kappa shape index (κ1) is 18.5. The Hall–Kier alpha value is -1.80. The standard InChI is InChI=1S/C14H9Cl3N2O4S/c15-7-1-2-8(16)11(17)10(7)14(22)23-5-9(20)19-13-6(12(18)21)3-4-24-13/h1-4H,5H2,(H2,18,21)(H,19,20). The molecule has 6 nitrogen and oxygen atoms in total. The second kappa shape index (κ2) is 7.85. The van der Waals surface area contributed by atoms with Crippen LogP contribution in [0.1, 0.15) is 20.7 Å². The number of amides is 2. The van der Waals surface area contributed by atoms with Crippen molar-refractivity contribution in [3.63, 3.8) is 0 Å². The van der Waals surface area contributed by atoms with Crippen LogP contribution < -0.4 is 11.1 Å². The fourth-order valence-corrected chi connectivity index (χ4v) is 3.17. The highest BCUT2D eigenvalue weighted by atomic mass is 35.5. The number of carbonyl (C=O) groups excluding carboxylic acids is 3. The third-order valence-corrected chi connectivity index (χ3v) is 4.72. The Morgan fingerprint density at radius 1 is 1.12 bits per heavy atom. The van der Waals surface area contributed by atoms with E-state index in [-0.39, 0.29) is 31.2 Å². The monoisotopic (exact) mass is 406 g/mol. The molecule has 0 spiro atoms. The van der Waals surface area contributed by atoms with Crippen LogP contribution in [0.15, 0.2) is 23.6 Å². The molecule has 1 aromatic heterocycles. The van der Waals surface area contributed by atoms with Gasteiger partial charge in [0.2, 0.25) is 0 Å². The number of rotatable bonds is 5. The quantitative estimate of drug-likeness (QED) is 0.584. The predicted molar refractivity (Wildman–Crippen MR) is 93.2 cm³/mol. The summed E-state index contributed by atoms with van der Waals surface area (Å²) in [6, 6.07) is 4.29. The zero-order chi connectivity index (χ0) is 17.9. The van der Waals surface area contributed by atoms with Crippen LogP contribution in [0, 0.1) is 0 Å². The average molecular weight is 408 g/mol. The number of halogens is 3. The highest BCUT2D eigenvalue weighted by Gasteiger charge is 2.20. The third-order valence-electron chi connectivity index (χ3n) is 2.77. The summed E-state index contributed by atoms with van der Waals surface area (Å²) in [5, 5.41) is 4.39. The molecule has 0 aliphatic heterocycles. The summed E-state index contributed by atoms with van der Waals surface area (Å²) < 4.78 is 4.87. The first-order chi connectivity index (χ1) is 11.3. The summed E-state index contributed by atoms with van der Waals surface area (Å²) in [6.45, 7) is -0.603. The van der Waals surface area contributed by atoms with Crippen LogP contribution in [0.25, 0.3) is 0 Å². The Balaban J connectivity index is 2.02. The summed E-state index contributed by atoms with van der Waals surface area (Å²) >= 11 is 18.7. The maximum atomic E-state index is 12.0. The number of thiophene rings is 1. The second-order valence-electron chi connectivity index (χ2n) is 4.37. The zero-order valence-electron chi connectivity index (χ0n) is 11.8. The van der Waals surface area contributed by atoms with E-state index in [1.165, 1.54) is 18.2 Å². The van der Waals surface area contributed by atoms with E-state index in [1.54, 1.807) is 5.38 Å². The Morgan fingerprint density at radius 3 is 2.46 bits per heavy atom. The van der Waals surface area contributed by atoms with Gasteiger partial charge in [-0.2, -0.15) is 0 Å². The van der Waals surface area contributed by atoms with Crippen molar-refractivity contribution < 1.29 is 19.1 Å². The van der Waals surface area contributed by atoms with E-state index in [9.17, 15) is 14.4 Å². The number of ether oxygens (including phenoxy) is 1. The highest BCUT2D eigenvalue weighted by molar-refractivity contribution is 7.14. The number of anilines is 1. The molecule has 0 saturated heterocycles. The number of nitrogens with two attached hydrogens (primary N) is 1. The molecule has 2 amide bonds. The van der Waals surface area contributed by atoms with Crippen molar-refractivity contribution in [1.82, 2.24) is 0 Å². The topological polar surface area (TPSA) is 98.5 Å². The Kier molecular flexibility index (Phi) is 6.06. The number of benzene rings is 1. The molecule has 24 heavy (non-hydrogen) atoms. The molecule has 0 fully saturated rings. The lowest BCUT2D eigenvalue weighted by Gasteiger charge is -2.09. The Morgan fingerprint density at radius 2 is 1.79 bits per heavy atom. The van der Waals surface area contributed by atoms with Gasteiger partial charge in [-0.05, 0) is 23.6 Å². The molecule has 0 saturated carbocycles. The molecule has 0 radical (unpaired) electrons. The Labute approximate surface area is 155 Å². The molecule has 3 N–H and O–H groups in total. The van der Waals surface area contributed by atoms with E-state index in [4.69, 9.17) is 45.3 Å². The first-order valence-electron chi connectivity index (χ1n) is 6.29. The number of hydrogen-bond acceptors (Lipinski definition) is 5. The summed E-state index contributed by atoms with van der Waals surface area (Å²) in [5.41, 5.74) is 5.20. The largest absolute Gasteiger partial charge is 0.452 e. The van der Waals surface area contributed by atoms with E-state index in [0.717, 1.165) is 11.3 Å². The molecule has 0 aliphatic rings. The van der Waals surface area contributed by atoms with Crippen LogP contribution in [0.5, 0.6) is 0 Å². The summed E-state index contributed by atoms with van der Waals surface area (Å²) in [4.78, 5) is 35.0. The van der Waals surface area contributed by atoms with Crippen LogP contribution >= 0.6 is 46.1 Å². The van der Waals surface area contributed by atoms with E-state index in [0.29, 0.717) is 0 Å². The van der Waals surface area contributed by atoms with Crippen LogP contribution in [0.3, 0.4) is 0 Å². The molecular weight excluding hydrogens is 399 g/mol. The lowest BCUT2D eigenvalue weighted by atomic mass is 10.2. The molecule has 0 unspecified atom stereocenters. The SMILES string of the molecule is NC(=O)c1ccsc1NC(=O)COC(=O)c1c(Cl)ccc(Cl)c1Cl. The maximum Gasteiger partial charge on any atom is 0.341 e. The van der Waals surface area contributed by atoms with E-state index >= 15 is 0 Å². The molecule has 10 heteroatoms. The minimum Gasteiger partial charge on any atom is -0.452 e. The molecule has 1 aromatic carbocycles. The van der Waals surface area contributed by atoms with Gasteiger partial charge in [0, 0.05) is 0 Å². The zero-order valence-corrected chi connectivity index (χ0v) is 14.9. The fourth-order valence-electron chi connectivity index (χ4n) is 1.68. The van der Waals surface area contributed by atoms with Crippen LogP contribution in [-0.4, -0.2) is 24.4 Å². The second-order valence-corrected chi connectivity index (χ2v) is 6.48. The van der Waals surface area contributed by atoms with Crippen molar-refractivity contribution in [3.05, 3.63) is 49.8 Å². The van der Waals surface area contributed by atoms with Gasteiger partial charge in [-0.3, -0.25) is 9.59 Å². The maximum absolute atomic E-state index is 12.0. The van der Waals surface area contributed by atoms with Gasteiger partial charge in [0.05, 0.1) is 26.2 Å². The summed E-state index contributed by atoms with van der Waals surface area (Å²) in [7, 11) is 0. The van der Waals surface area contributed by atoms with Crippen molar-refractivity contribution in [2.24, 2.45) is 5.73 Å². The van der Waals surface area contributed by atoms with Gasteiger partial charge in [0.25, 0.3) is 11.8 Å². The van der Waals surface area contributed by atoms with Crippen molar-refractivity contribution >= 4 is 68.9 Å². The predicted octanol–water partition coefficient (Wildman–Crippen LogP) is 3.60. The van der Waals surface area contributed by atoms with Gasteiger partial charge in [0.1, 0.15) is 5.00 Å². The smallest absolute Gasteiger partial charge is 0.341 e. The lowest BCUT2D eigenvalue weighted by molar-refractivity contribution is -0.119. The number of primary amides is 1. The van der Waals surface area contributed by atoms with E-state index in [1.807, 2.05) is 0 Å². The fraction of sp³-hybridized carbons (Fsp3) is 0.0714. The molecule has 0 atom stereocenters. The van der Waals surface area contributed by atoms with E-state index in [2.05, 4.69) is 5.32 Å². The van der Waals surface area contributed by atoms with Gasteiger partial charge in [-0.1, -0.05) is 34.8 Å².